The number of carbonyl (C=O) groups excluding carboxylic acids is 1. The van der Waals surface area contributed by atoms with Crippen LogP contribution >= 0.6 is 23.5 Å². The number of pyridine rings is 1. The SMILES string of the molecule is CCn1c(SCC(=O)Nc2ccc(Sc3cc(C)ccc3C)cc2)nnc1-c1ccncc1. The summed E-state index contributed by atoms with van der Waals surface area (Å²) in [6.07, 6.45) is 3.46. The summed E-state index contributed by atoms with van der Waals surface area (Å²) in [5.74, 6) is 0.957. The molecule has 0 saturated carbocycles. The van der Waals surface area contributed by atoms with Gasteiger partial charge in [-0.3, -0.25) is 9.78 Å². The molecule has 2 aromatic carbocycles. The zero-order chi connectivity index (χ0) is 23.2. The molecule has 1 N–H and O–H groups in total. The van der Waals surface area contributed by atoms with Gasteiger partial charge in [-0.25, -0.2) is 0 Å². The highest BCUT2D eigenvalue weighted by Gasteiger charge is 2.14. The molecule has 1 amide bonds. The maximum atomic E-state index is 12.5. The Hall–Kier alpha value is -3.10. The topological polar surface area (TPSA) is 72.7 Å². The van der Waals surface area contributed by atoms with Crippen LogP contribution in [-0.2, 0) is 11.3 Å². The number of anilines is 1. The molecule has 0 fully saturated rings. The summed E-state index contributed by atoms with van der Waals surface area (Å²) in [6.45, 7) is 6.97. The van der Waals surface area contributed by atoms with E-state index in [2.05, 4.69) is 52.5 Å². The maximum Gasteiger partial charge on any atom is 0.234 e. The number of hydrogen-bond acceptors (Lipinski definition) is 6. The summed E-state index contributed by atoms with van der Waals surface area (Å²) >= 11 is 3.11. The van der Waals surface area contributed by atoms with E-state index in [1.165, 1.54) is 27.8 Å². The molecular weight excluding hydrogens is 450 g/mol. The third-order valence-corrected chi connectivity index (χ3v) is 7.15. The fraction of sp³-hybridized carbons (Fsp3) is 0.200. The van der Waals surface area contributed by atoms with Crippen LogP contribution in [0.5, 0.6) is 0 Å². The Morgan fingerprint density at radius 3 is 2.48 bits per heavy atom. The van der Waals surface area contributed by atoms with E-state index in [0.717, 1.165) is 27.1 Å². The molecule has 168 valence electrons. The summed E-state index contributed by atoms with van der Waals surface area (Å²) < 4.78 is 2.01. The van der Waals surface area contributed by atoms with Crippen molar-refractivity contribution in [3.8, 4) is 11.4 Å². The molecule has 0 aliphatic heterocycles. The van der Waals surface area contributed by atoms with E-state index in [0.29, 0.717) is 6.54 Å². The van der Waals surface area contributed by atoms with Crippen molar-refractivity contribution in [3.63, 3.8) is 0 Å². The highest BCUT2D eigenvalue weighted by Crippen LogP contribution is 2.31. The third-order valence-electron chi connectivity index (χ3n) is 5.01. The first kappa shape index (κ1) is 23.1. The number of amides is 1. The van der Waals surface area contributed by atoms with Gasteiger partial charge in [0, 0.05) is 40.0 Å². The van der Waals surface area contributed by atoms with Crippen molar-refractivity contribution >= 4 is 35.1 Å². The minimum absolute atomic E-state index is 0.0777. The number of hydrogen-bond donors (Lipinski definition) is 1. The second-order valence-electron chi connectivity index (χ2n) is 7.52. The van der Waals surface area contributed by atoms with E-state index < -0.39 is 0 Å². The van der Waals surface area contributed by atoms with Gasteiger partial charge in [-0.15, -0.1) is 10.2 Å². The van der Waals surface area contributed by atoms with Crippen molar-refractivity contribution in [1.82, 2.24) is 19.7 Å². The standard InChI is InChI=1S/C25H25N5OS2/c1-4-30-24(19-11-13-26-14-12-19)28-29-25(30)32-16-23(31)27-20-7-9-21(10-8-20)33-22-15-17(2)5-6-18(22)3/h5-15H,4,16H2,1-3H3,(H,27,31). The van der Waals surface area contributed by atoms with Crippen LogP contribution in [0, 0.1) is 13.8 Å². The molecule has 0 saturated heterocycles. The monoisotopic (exact) mass is 475 g/mol. The Morgan fingerprint density at radius 2 is 1.76 bits per heavy atom. The first-order chi connectivity index (χ1) is 16.0. The van der Waals surface area contributed by atoms with Crippen molar-refractivity contribution < 1.29 is 4.79 Å². The molecule has 0 unspecified atom stereocenters. The molecule has 0 atom stereocenters. The third kappa shape index (κ3) is 5.83. The molecule has 33 heavy (non-hydrogen) atoms. The van der Waals surface area contributed by atoms with Crippen LogP contribution in [0.4, 0.5) is 5.69 Å². The van der Waals surface area contributed by atoms with Gasteiger partial charge in [0.05, 0.1) is 5.75 Å². The van der Waals surface area contributed by atoms with E-state index in [1.54, 1.807) is 24.2 Å². The lowest BCUT2D eigenvalue weighted by Gasteiger charge is -2.09. The summed E-state index contributed by atoms with van der Waals surface area (Å²) in [6, 6.07) is 18.2. The number of benzene rings is 2. The quantitative estimate of drug-likeness (QED) is 0.322. The van der Waals surface area contributed by atoms with Crippen molar-refractivity contribution in [3.05, 3.63) is 78.1 Å². The van der Waals surface area contributed by atoms with Crippen molar-refractivity contribution in [2.75, 3.05) is 11.1 Å². The molecule has 0 spiro atoms. The van der Waals surface area contributed by atoms with Crippen molar-refractivity contribution in [1.29, 1.82) is 0 Å². The van der Waals surface area contributed by atoms with E-state index in [4.69, 9.17) is 0 Å². The zero-order valence-corrected chi connectivity index (χ0v) is 20.4. The molecule has 4 rings (SSSR count). The number of aryl methyl sites for hydroxylation is 2. The molecular formula is C25H25N5OS2. The molecule has 2 aromatic heterocycles. The number of rotatable bonds is 8. The van der Waals surface area contributed by atoms with Crippen LogP contribution in [0.25, 0.3) is 11.4 Å². The molecule has 6 nitrogen and oxygen atoms in total. The van der Waals surface area contributed by atoms with E-state index in [9.17, 15) is 4.79 Å². The fourth-order valence-electron chi connectivity index (χ4n) is 3.27. The van der Waals surface area contributed by atoms with Gasteiger partial charge in [0.2, 0.25) is 5.91 Å². The normalized spacial score (nSPS) is 10.9. The number of nitrogens with zero attached hydrogens (tertiary/aromatic N) is 4. The van der Waals surface area contributed by atoms with E-state index in [-0.39, 0.29) is 11.7 Å². The fourth-order valence-corrected chi connectivity index (χ4v) is 5.08. The number of carbonyl (C=O) groups is 1. The Bertz CT molecular complexity index is 1240. The lowest BCUT2D eigenvalue weighted by Crippen LogP contribution is -2.14. The Kier molecular flexibility index (Phi) is 7.47. The first-order valence-corrected chi connectivity index (χ1v) is 12.4. The van der Waals surface area contributed by atoms with Crippen LogP contribution in [-0.4, -0.2) is 31.4 Å². The Labute approximate surface area is 202 Å². The van der Waals surface area contributed by atoms with Gasteiger partial charge < -0.3 is 9.88 Å². The minimum Gasteiger partial charge on any atom is -0.325 e. The maximum absolute atomic E-state index is 12.5. The summed E-state index contributed by atoms with van der Waals surface area (Å²) in [7, 11) is 0. The van der Waals surface area contributed by atoms with Crippen LogP contribution < -0.4 is 5.32 Å². The Morgan fingerprint density at radius 1 is 1.00 bits per heavy atom. The van der Waals surface area contributed by atoms with Crippen molar-refractivity contribution in [2.45, 2.75) is 42.3 Å². The minimum atomic E-state index is -0.0777. The largest absolute Gasteiger partial charge is 0.325 e. The zero-order valence-electron chi connectivity index (χ0n) is 18.8. The van der Waals surface area contributed by atoms with Gasteiger partial charge >= 0.3 is 0 Å². The van der Waals surface area contributed by atoms with E-state index >= 15 is 0 Å². The molecule has 0 bridgehead atoms. The van der Waals surface area contributed by atoms with Crippen molar-refractivity contribution in [2.24, 2.45) is 0 Å². The van der Waals surface area contributed by atoms with Gasteiger partial charge in [0.15, 0.2) is 11.0 Å². The van der Waals surface area contributed by atoms with Crippen LogP contribution in [0.3, 0.4) is 0 Å². The Balaban J connectivity index is 1.35. The molecule has 0 aliphatic carbocycles. The highest BCUT2D eigenvalue weighted by atomic mass is 32.2. The van der Waals surface area contributed by atoms with Gasteiger partial charge in [-0.05, 0) is 74.4 Å². The predicted molar refractivity (Wildman–Crippen MR) is 135 cm³/mol. The van der Waals surface area contributed by atoms with Gasteiger partial charge in [-0.1, -0.05) is 35.7 Å². The van der Waals surface area contributed by atoms with Gasteiger partial charge in [-0.2, -0.15) is 0 Å². The van der Waals surface area contributed by atoms with Gasteiger partial charge in [0.1, 0.15) is 0 Å². The molecule has 0 radical (unpaired) electrons. The summed E-state index contributed by atoms with van der Waals surface area (Å²) in [5.41, 5.74) is 4.23. The molecule has 2 heterocycles. The summed E-state index contributed by atoms with van der Waals surface area (Å²) in [4.78, 5) is 18.9. The van der Waals surface area contributed by atoms with Crippen LogP contribution in [0.15, 0.2) is 81.9 Å². The summed E-state index contributed by atoms with van der Waals surface area (Å²) in [5, 5.41) is 12.3. The molecule has 0 aliphatic rings. The average Bonchev–Trinajstić information content (AvgIpc) is 3.25. The number of thioether (sulfide) groups is 1. The lowest BCUT2D eigenvalue weighted by molar-refractivity contribution is -0.113. The highest BCUT2D eigenvalue weighted by molar-refractivity contribution is 7.99. The first-order valence-electron chi connectivity index (χ1n) is 10.6. The molecule has 8 heteroatoms. The second kappa shape index (κ2) is 10.7. The average molecular weight is 476 g/mol. The molecule has 4 aromatic rings. The van der Waals surface area contributed by atoms with Crippen LogP contribution in [0.2, 0.25) is 0 Å². The number of aromatic nitrogens is 4. The van der Waals surface area contributed by atoms with Gasteiger partial charge in [0.25, 0.3) is 0 Å². The number of nitrogens with one attached hydrogen (secondary N) is 1. The predicted octanol–water partition coefficient (Wildman–Crippen LogP) is 5.86. The van der Waals surface area contributed by atoms with Crippen LogP contribution in [0.1, 0.15) is 18.1 Å². The second-order valence-corrected chi connectivity index (χ2v) is 9.58. The van der Waals surface area contributed by atoms with E-state index in [1.807, 2.05) is 47.9 Å². The lowest BCUT2D eigenvalue weighted by atomic mass is 10.2. The smallest absolute Gasteiger partial charge is 0.234 e.